The van der Waals surface area contributed by atoms with Gasteiger partial charge in [0.25, 0.3) is 5.91 Å². The maximum Gasteiger partial charge on any atom is 0.251 e. The standard InChI is InChI=1S/C28H24BN5O2/c1-18-6-12-21(13-7-18)28(36)31-16-20-10-8-19(9-11-20)15-30-26-14-24(22-4-2-3-5-25(22)35)33-27-23(29)17-32-34(26)27/h2-14,17,30,35H,15-16H2,1H3,(H,31,36). The SMILES string of the molecule is [B]c1cnn2c(NCc3ccc(CNC(=O)c4ccc(C)cc4)cc3)cc(-c3ccccc3O)nc12. The molecular weight excluding hydrogens is 449 g/mol. The fourth-order valence-corrected chi connectivity index (χ4v) is 3.89. The first-order valence-electron chi connectivity index (χ1n) is 11.6. The highest BCUT2D eigenvalue weighted by Crippen LogP contribution is 2.29. The molecule has 0 aliphatic carbocycles. The fourth-order valence-electron chi connectivity index (χ4n) is 3.89. The summed E-state index contributed by atoms with van der Waals surface area (Å²) in [6.07, 6.45) is 1.56. The summed E-state index contributed by atoms with van der Waals surface area (Å²) in [5, 5.41) is 21.0. The van der Waals surface area contributed by atoms with Crippen LogP contribution in [0.5, 0.6) is 5.75 Å². The van der Waals surface area contributed by atoms with Gasteiger partial charge in [0.15, 0.2) is 5.65 Å². The van der Waals surface area contributed by atoms with E-state index in [1.807, 2.05) is 67.6 Å². The van der Waals surface area contributed by atoms with E-state index in [0.717, 1.165) is 16.7 Å². The number of phenols is 1. The summed E-state index contributed by atoms with van der Waals surface area (Å²) in [5.74, 6) is 0.744. The Morgan fingerprint density at radius 3 is 2.39 bits per heavy atom. The van der Waals surface area contributed by atoms with Crippen molar-refractivity contribution in [2.45, 2.75) is 20.0 Å². The number of carbonyl (C=O) groups is 1. The van der Waals surface area contributed by atoms with Gasteiger partial charge in [0, 0.05) is 36.5 Å². The lowest BCUT2D eigenvalue weighted by molar-refractivity contribution is 0.0951. The number of nitrogens with zero attached hydrogens (tertiary/aromatic N) is 3. The van der Waals surface area contributed by atoms with Gasteiger partial charge in [-0.15, -0.1) is 0 Å². The largest absolute Gasteiger partial charge is 0.507 e. The van der Waals surface area contributed by atoms with Gasteiger partial charge < -0.3 is 15.7 Å². The molecule has 0 aliphatic rings. The van der Waals surface area contributed by atoms with Gasteiger partial charge in [-0.1, -0.05) is 54.1 Å². The molecule has 0 spiro atoms. The lowest BCUT2D eigenvalue weighted by Gasteiger charge is -2.12. The van der Waals surface area contributed by atoms with Crippen molar-refractivity contribution in [3.63, 3.8) is 0 Å². The quantitative estimate of drug-likeness (QED) is 0.313. The zero-order valence-electron chi connectivity index (χ0n) is 19.8. The van der Waals surface area contributed by atoms with E-state index in [9.17, 15) is 9.90 Å². The molecule has 36 heavy (non-hydrogen) atoms. The Morgan fingerprint density at radius 1 is 0.972 bits per heavy atom. The predicted molar refractivity (Wildman–Crippen MR) is 142 cm³/mol. The minimum Gasteiger partial charge on any atom is -0.507 e. The number of aryl methyl sites for hydroxylation is 1. The Balaban J connectivity index is 1.28. The lowest BCUT2D eigenvalue weighted by Crippen LogP contribution is -2.22. The van der Waals surface area contributed by atoms with E-state index >= 15 is 0 Å². The summed E-state index contributed by atoms with van der Waals surface area (Å²) in [5.41, 5.74) is 5.99. The first-order chi connectivity index (χ1) is 17.5. The second-order valence-electron chi connectivity index (χ2n) is 8.60. The first-order valence-corrected chi connectivity index (χ1v) is 11.6. The van der Waals surface area contributed by atoms with Gasteiger partial charge in [-0.3, -0.25) is 4.79 Å². The average Bonchev–Trinajstić information content (AvgIpc) is 3.27. The molecule has 1 amide bonds. The number of benzene rings is 3. The van der Waals surface area contributed by atoms with E-state index in [1.54, 1.807) is 28.9 Å². The van der Waals surface area contributed by atoms with Gasteiger partial charge in [0.1, 0.15) is 19.4 Å². The van der Waals surface area contributed by atoms with Crippen molar-refractivity contribution in [2.75, 3.05) is 5.32 Å². The van der Waals surface area contributed by atoms with Crippen LogP contribution in [0.15, 0.2) is 85.1 Å². The van der Waals surface area contributed by atoms with E-state index in [2.05, 4.69) is 20.7 Å². The smallest absolute Gasteiger partial charge is 0.251 e. The number of anilines is 1. The number of fused-ring (bicyclic) bond motifs is 1. The molecule has 2 radical (unpaired) electrons. The summed E-state index contributed by atoms with van der Waals surface area (Å²) >= 11 is 0. The zero-order chi connectivity index (χ0) is 25.1. The number of carbonyl (C=O) groups excluding carboxylic acids is 1. The Hall–Kier alpha value is -4.59. The van der Waals surface area contributed by atoms with Crippen molar-refractivity contribution in [1.29, 1.82) is 0 Å². The summed E-state index contributed by atoms with van der Waals surface area (Å²) in [6, 6.07) is 24.4. The van der Waals surface area contributed by atoms with Gasteiger partial charge in [0.05, 0.1) is 5.69 Å². The third-order valence-electron chi connectivity index (χ3n) is 5.94. The van der Waals surface area contributed by atoms with E-state index in [1.165, 1.54) is 0 Å². The average molecular weight is 473 g/mol. The second kappa shape index (κ2) is 9.96. The van der Waals surface area contributed by atoms with Crippen LogP contribution in [0, 0.1) is 6.92 Å². The molecule has 0 bridgehead atoms. The molecule has 2 heterocycles. The molecule has 7 nitrogen and oxygen atoms in total. The molecule has 0 fully saturated rings. The molecule has 2 aromatic heterocycles. The predicted octanol–water partition coefficient (Wildman–Crippen LogP) is 3.75. The van der Waals surface area contributed by atoms with E-state index in [-0.39, 0.29) is 11.7 Å². The van der Waals surface area contributed by atoms with Gasteiger partial charge in [-0.2, -0.15) is 9.61 Å². The Bertz CT molecular complexity index is 1530. The fraction of sp³-hybridized carbons (Fsp3) is 0.107. The van der Waals surface area contributed by atoms with Crippen LogP contribution in [-0.2, 0) is 13.1 Å². The Morgan fingerprint density at radius 2 is 1.67 bits per heavy atom. The molecule has 5 rings (SSSR count). The third-order valence-corrected chi connectivity index (χ3v) is 5.94. The summed E-state index contributed by atoms with van der Waals surface area (Å²) in [4.78, 5) is 17.0. The maximum absolute atomic E-state index is 12.4. The number of hydrogen-bond acceptors (Lipinski definition) is 5. The third kappa shape index (κ3) is 4.93. The van der Waals surface area contributed by atoms with Crippen LogP contribution >= 0.6 is 0 Å². The zero-order valence-corrected chi connectivity index (χ0v) is 19.8. The molecule has 0 atom stereocenters. The van der Waals surface area contributed by atoms with Crippen molar-refractivity contribution in [2.24, 2.45) is 0 Å². The monoisotopic (exact) mass is 473 g/mol. The molecule has 0 saturated carbocycles. The minimum atomic E-state index is -0.0961. The van der Waals surface area contributed by atoms with E-state index < -0.39 is 0 Å². The van der Waals surface area contributed by atoms with Crippen molar-refractivity contribution in [1.82, 2.24) is 19.9 Å². The number of rotatable bonds is 7. The number of hydrogen-bond donors (Lipinski definition) is 3. The van der Waals surface area contributed by atoms with E-state index in [0.29, 0.717) is 46.8 Å². The molecule has 3 N–H and O–H groups in total. The highest BCUT2D eigenvalue weighted by Gasteiger charge is 2.13. The second-order valence-corrected chi connectivity index (χ2v) is 8.60. The summed E-state index contributed by atoms with van der Waals surface area (Å²) in [6.45, 7) is 2.98. The number of phenolic OH excluding ortho intramolecular Hbond substituents is 1. The number of para-hydroxylation sites is 1. The molecule has 5 aromatic rings. The number of aromatic hydroxyl groups is 1. The van der Waals surface area contributed by atoms with Crippen LogP contribution in [0.2, 0.25) is 0 Å². The normalized spacial score (nSPS) is 10.9. The van der Waals surface area contributed by atoms with Crippen LogP contribution < -0.4 is 16.1 Å². The van der Waals surface area contributed by atoms with E-state index in [4.69, 9.17) is 7.85 Å². The van der Waals surface area contributed by atoms with Crippen molar-refractivity contribution >= 4 is 30.7 Å². The van der Waals surface area contributed by atoms with Gasteiger partial charge in [-0.25, -0.2) is 4.98 Å². The minimum absolute atomic E-state index is 0.0961. The molecular formula is C28H24BN5O2. The topological polar surface area (TPSA) is 91.5 Å². The molecule has 0 aliphatic heterocycles. The Kier molecular flexibility index (Phi) is 6.41. The highest BCUT2D eigenvalue weighted by molar-refractivity contribution is 6.36. The van der Waals surface area contributed by atoms with Crippen molar-refractivity contribution in [3.05, 3.63) is 107 Å². The van der Waals surface area contributed by atoms with Gasteiger partial charge >= 0.3 is 0 Å². The molecule has 0 unspecified atom stereocenters. The maximum atomic E-state index is 12.4. The number of amides is 1. The molecule has 8 heteroatoms. The van der Waals surface area contributed by atoms with Gasteiger partial charge in [-0.05, 0) is 47.8 Å². The van der Waals surface area contributed by atoms with Crippen LogP contribution in [-0.4, -0.2) is 33.5 Å². The van der Waals surface area contributed by atoms with Crippen LogP contribution in [0.4, 0.5) is 5.82 Å². The Labute approximate surface area is 210 Å². The molecule has 0 saturated heterocycles. The number of aromatic nitrogens is 3. The van der Waals surface area contributed by atoms with Gasteiger partial charge in [0.2, 0.25) is 0 Å². The number of nitrogens with one attached hydrogen (secondary N) is 2. The van der Waals surface area contributed by atoms with Crippen LogP contribution in [0.3, 0.4) is 0 Å². The van der Waals surface area contributed by atoms with Crippen molar-refractivity contribution in [3.8, 4) is 17.0 Å². The first kappa shape index (κ1) is 23.2. The lowest BCUT2D eigenvalue weighted by atomic mass is 10.0. The molecule has 3 aromatic carbocycles. The van der Waals surface area contributed by atoms with Crippen LogP contribution in [0.1, 0.15) is 27.0 Å². The van der Waals surface area contributed by atoms with Crippen LogP contribution in [0.25, 0.3) is 16.9 Å². The van der Waals surface area contributed by atoms with Crippen molar-refractivity contribution < 1.29 is 9.90 Å². The summed E-state index contributed by atoms with van der Waals surface area (Å²) in [7, 11) is 6.08. The highest BCUT2D eigenvalue weighted by atomic mass is 16.3. The summed E-state index contributed by atoms with van der Waals surface area (Å²) < 4.78 is 1.65. The molecule has 176 valence electrons.